The molecule has 3 aliphatic rings. The minimum atomic E-state index is -0.269. The molecule has 0 radical (unpaired) electrons. The quantitative estimate of drug-likeness (QED) is 0.905. The zero-order valence-corrected chi connectivity index (χ0v) is 12.4. The monoisotopic (exact) mass is 279 g/mol. The van der Waals surface area contributed by atoms with Crippen LogP contribution in [0.5, 0.6) is 0 Å². The van der Waals surface area contributed by atoms with Crippen LogP contribution < -0.4 is 0 Å². The van der Waals surface area contributed by atoms with Crippen LogP contribution in [0.25, 0.3) is 10.9 Å². The first-order valence-corrected chi connectivity index (χ1v) is 8.28. The first-order valence-electron chi connectivity index (χ1n) is 8.28. The second-order valence-electron chi connectivity index (χ2n) is 7.41. The van der Waals surface area contributed by atoms with Crippen molar-refractivity contribution in [1.82, 2.24) is 4.98 Å². The molecule has 2 heteroatoms. The van der Waals surface area contributed by atoms with Crippen molar-refractivity contribution >= 4 is 10.9 Å². The molecule has 3 aliphatic carbocycles. The summed E-state index contributed by atoms with van der Waals surface area (Å²) in [6.07, 6.45) is 4.00. The lowest BCUT2D eigenvalue weighted by Gasteiger charge is -2.16. The van der Waals surface area contributed by atoms with E-state index in [1.54, 1.807) is 0 Å². The van der Waals surface area contributed by atoms with Gasteiger partial charge in [-0.3, -0.25) is 4.98 Å². The average molecular weight is 279 g/mol. The number of aryl methyl sites for hydroxylation is 1. The van der Waals surface area contributed by atoms with Crippen molar-refractivity contribution in [3.63, 3.8) is 0 Å². The van der Waals surface area contributed by atoms with Gasteiger partial charge in [-0.2, -0.15) is 0 Å². The second-order valence-corrected chi connectivity index (χ2v) is 7.41. The number of hydrogen-bond donors (Lipinski definition) is 1. The molecule has 0 amide bonds. The summed E-state index contributed by atoms with van der Waals surface area (Å²) < 4.78 is 0. The molecule has 2 aromatic rings. The number of rotatable bonds is 2. The molecule has 0 aliphatic heterocycles. The van der Waals surface area contributed by atoms with E-state index in [9.17, 15) is 5.11 Å². The van der Waals surface area contributed by atoms with Gasteiger partial charge >= 0.3 is 0 Å². The van der Waals surface area contributed by atoms with Crippen molar-refractivity contribution in [3.8, 4) is 0 Å². The summed E-state index contributed by atoms with van der Waals surface area (Å²) >= 11 is 0. The van der Waals surface area contributed by atoms with Crippen molar-refractivity contribution < 1.29 is 5.11 Å². The highest BCUT2D eigenvalue weighted by atomic mass is 16.3. The van der Waals surface area contributed by atoms with Crippen molar-refractivity contribution in [1.29, 1.82) is 0 Å². The van der Waals surface area contributed by atoms with E-state index in [1.165, 1.54) is 19.3 Å². The Hall–Kier alpha value is -1.41. The Kier molecular flexibility index (Phi) is 2.36. The minimum absolute atomic E-state index is 0.269. The summed E-state index contributed by atoms with van der Waals surface area (Å²) in [6.45, 7) is 2.02. The first kappa shape index (κ1) is 12.2. The molecule has 5 atom stereocenters. The van der Waals surface area contributed by atoms with Crippen LogP contribution in [0.1, 0.15) is 36.6 Å². The summed E-state index contributed by atoms with van der Waals surface area (Å²) in [5.74, 6) is 4.03. The van der Waals surface area contributed by atoms with Crippen LogP contribution in [-0.4, -0.2) is 10.1 Å². The van der Waals surface area contributed by atoms with Gasteiger partial charge in [0.15, 0.2) is 0 Å². The topological polar surface area (TPSA) is 33.1 Å². The van der Waals surface area contributed by atoms with Crippen molar-refractivity contribution in [2.24, 2.45) is 29.6 Å². The molecule has 0 spiro atoms. The lowest BCUT2D eigenvalue weighted by Crippen LogP contribution is -2.08. The Labute approximate surface area is 125 Å². The van der Waals surface area contributed by atoms with Crippen LogP contribution in [0.4, 0.5) is 0 Å². The first-order chi connectivity index (χ1) is 10.2. The molecular weight excluding hydrogens is 258 g/mol. The highest BCUT2D eigenvalue weighted by Crippen LogP contribution is 2.72. The van der Waals surface area contributed by atoms with Crippen LogP contribution in [0.15, 0.2) is 30.3 Å². The molecule has 3 fully saturated rings. The molecule has 1 aromatic carbocycles. The van der Waals surface area contributed by atoms with Gasteiger partial charge in [-0.15, -0.1) is 0 Å². The molecule has 21 heavy (non-hydrogen) atoms. The van der Waals surface area contributed by atoms with Gasteiger partial charge in [0.05, 0.1) is 11.6 Å². The Morgan fingerprint density at radius 3 is 2.62 bits per heavy atom. The maximum absolute atomic E-state index is 10.8. The molecule has 1 heterocycles. The molecule has 0 saturated heterocycles. The van der Waals surface area contributed by atoms with Gasteiger partial charge in [-0.05, 0) is 79.5 Å². The number of aliphatic hydroxyl groups excluding tert-OH is 1. The molecule has 5 unspecified atom stereocenters. The predicted molar refractivity (Wildman–Crippen MR) is 82.7 cm³/mol. The van der Waals surface area contributed by atoms with E-state index in [1.807, 2.05) is 13.0 Å². The van der Waals surface area contributed by atoms with E-state index in [0.29, 0.717) is 5.92 Å². The van der Waals surface area contributed by atoms with Gasteiger partial charge in [-0.25, -0.2) is 0 Å². The maximum atomic E-state index is 10.8. The van der Waals surface area contributed by atoms with Crippen LogP contribution >= 0.6 is 0 Å². The number of hydrogen-bond acceptors (Lipinski definition) is 2. The third kappa shape index (κ3) is 1.66. The molecule has 3 saturated carbocycles. The van der Waals surface area contributed by atoms with E-state index >= 15 is 0 Å². The largest absolute Gasteiger partial charge is 0.388 e. The summed E-state index contributed by atoms with van der Waals surface area (Å²) in [7, 11) is 0. The Bertz CT molecular complexity index is 709. The SMILES string of the molecule is Cc1ccc2cc(C(O)C3C4C5CCC(C5)C43)ccc2n1. The number of nitrogens with zero attached hydrogens (tertiary/aromatic N) is 1. The van der Waals surface area contributed by atoms with Crippen LogP contribution in [0, 0.1) is 36.5 Å². The number of aliphatic hydroxyl groups is 1. The highest BCUT2D eigenvalue weighted by molar-refractivity contribution is 5.79. The molecule has 1 N–H and O–H groups in total. The van der Waals surface area contributed by atoms with E-state index in [2.05, 4.69) is 29.2 Å². The van der Waals surface area contributed by atoms with Gasteiger partial charge in [0.2, 0.25) is 0 Å². The van der Waals surface area contributed by atoms with Crippen molar-refractivity contribution in [3.05, 3.63) is 41.6 Å². The molecular formula is C19H21NO. The Morgan fingerprint density at radius 2 is 1.86 bits per heavy atom. The standard InChI is InChI=1S/C19H21NO/c1-10-2-3-11-8-14(6-7-15(11)20-10)19(21)18-16-12-4-5-13(9-12)17(16)18/h2-3,6-8,12-13,16-19,21H,4-5,9H2,1H3. The van der Waals surface area contributed by atoms with Crippen LogP contribution in [0.3, 0.4) is 0 Å². The number of aromatic nitrogens is 1. The Balaban J connectivity index is 1.46. The average Bonchev–Trinajstić information content (AvgIpc) is 2.93. The van der Waals surface area contributed by atoms with E-state index in [-0.39, 0.29) is 6.10 Å². The maximum Gasteiger partial charge on any atom is 0.0824 e. The van der Waals surface area contributed by atoms with Gasteiger partial charge < -0.3 is 5.11 Å². The normalized spacial score (nSPS) is 37.7. The summed E-state index contributed by atoms with van der Waals surface area (Å²) in [5, 5.41) is 12.0. The number of pyridine rings is 1. The zero-order valence-electron chi connectivity index (χ0n) is 12.4. The fourth-order valence-electron chi connectivity index (χ4n) is 5.47. The van der Waals surface area contributed by atoms with E-state index in [0.717, 1.165) is 45.8 Å². The molecule has 108 valence electrons. The van der Waals surface area contributed by atoms with Crippen LogP contribution in [0.2, 0.25) is 0 Å². The molecule has 1 aromatic heterocycles. The zero-order chi connectivity index (χ0) is 14.1. The Morgan fingerprint density at radius 1 is 1.10 bits per heavy atom. The predicted octanol–water partition coefficient (Wildman–Crippen LogP) is 3.87. The van der Waals surface area contributed by atoms with Crippen LogP contribution in [-0.2, 0) is 0 Å². The lowest BCUT2D eigenvalue weighted by molar-refractivity contribution is 0.130. The van der Waals surface area contributed by atoms with Gasteiger partial charge in [0, 0.05) is 11.1 Å². The second kappa shape index (κ2) is 4.07. The van der Waals surface area contributed by atoms with Crippen molar-refractivity contribution in [2.45, 2.75) is 32.3 Å². The summed E-state index contributed by atoms with van der Waals surface area (Å²) in [4.78, 5) is 4.55. The third-order valence-electron chi connectivity index (χ3n) is 6.35. The van der Waals surface area contributed by atoms with Crippen molar-refractivity contribution in [2.75, 3.05) is 0 Å². The third-order valence-corrected chi connectivity index (χ3v) is 6.35. The van der Waals surface area contributed by atoms with E-state index in [4.69, 9.17) is 0 Å². The fourth-order valence-corrected chi connectivity index (χ4v) is 5.47. The molecule has 2 nitrogen and oxygen atoms in total. The minimum Gasteiger partial charge on any atom is -0.388 e. The van der Waals surface area contributed by atoms with E-state index < -0.39 is 0 Å². The molecule has 2 bridgehead atoms. The number of benzene rings is 1. The molecule has 5 rings (SSSR count). The number of fused-ring (bicyclic) bond motifs is 6. The fraction of sp³-hybridized carbons (Fsp3) is 0.526. The smallest absolute Gasteiger partial charge is 0.0824 e. The lowest BCUT2D eigenvalue weighted by atomic mass is 9.94. The highest BCUT2D eigenvalue weighted by Gasteiger charge is 2.66. The van der Waals surface area contributed by atoms with Gasteiger partial charge in [0.1, 0.15) is 0 Å². The van der Waals surface area contributed by atoms with Gasteiger partial charge in [-0.1, -0.05) is 12.1 Å². The summed E-state index contributed by atoms with van der Waals surface area (Å²) in [6, 6.07) is 10.4. The van der Waals surface area contributed by atoms with Gasteiger partial charge in [0.25, 0.3) is 0 Å². The summed E-state index contributed by atoms with van der Waals surface area (Å²) in [5.41, 5.74) is 3.16.